The van der Waals surface area contributed by atoms with Gasteiger partial charge in [-0.2, -0.15) is 0 Å². The van der Waals surface area contributed by atoms with Crippen LogP contribution in [0.2, 0.25) is 0 Å². The molecule has 2 heterocycles. The van der Waals surface area contributed by atoms with Crippen LogP contribution >= 0.6 is 24.0 Å². The lowest BCUT2D eigenvalue weighted by Crippen LogP contribution is -2.41. The summed E-state index contributed by atoms with van der Waals surface area (Å²) in [6.45, 7) is 10.5. The smallest absolute Gasteiger partial charge is 0.193 e. The van der Waals surface area contributed by atoms with E-state index in [-0.39, 0.29) is 24.0 Å². The molecule has 6 heteroatoms. The van der Waals surface area contributed by atoms with Crippen LogP contribution < -0.4 is 10.1 Å². The summed E-state index contributed by atoms with van der Waals surface area (Å²) in [5, 5.41) is 3.46. The molecule has 1 aromatic rings. The molecule has 2 aliphatic heterocycles. The second-order valence-corrected chi connectivity index (χ2v) is 7.04. The Morgan fingerprint density at radius 1 is 1.35 bits per heavy atom. The maximum atomic E-state index is 5.64. The zero-order valence-corrected chi connectivity index (χ0v) is 18.3. The van der Waals surface area contributed by atoms with E-state index in [9.17, 15) is 0 Å². The van der Waals surface area contributed by atoms with E-state index in [1.54, 1.807) is 0 Å². The van der Waals surface area contributed by atoms with Crippen LogP contribution in [0.3, 0.4) is 0 Å². The molecule has 26 heavy (non-hydrogen) atoms. The number of hydrogen-bond donors (Lipinski definition) is 1. The molecule has 2 aliphatic rings. The van der Waals surface area contributed by atoms with E-state index < -0.39 is 0 Å². The maximum Gasteiger partial charge on any atom is 0.193 e. The normalized spacial score (nSPS) is 22.5. The number of aliphatic imine (C=N–C) groups is 1. The van der Waals surface area contributed by atoms with E-state index in [0.29, 0.717) is 12.0 Å². The van der Waals surface area contributed by atoms with Crippen molar-refractivity contribution in [3.05, 3.63) is 29.8 Å². The Labute approximate surface area is 174 Å². The topological polar surface area (TPSA) is 46.1 Å². The molecule has 1 aromatic carbocycles. The number of ether oxygens (including phenoxy) is 2. The quantitative estimate of drug-likeness (QED) is 0.391. The fraction of sp³-hybridized carbons (Fsp3) is 0.650. The second-order valence-electron chi connectivity index (χ2n) is 7.04. The van der Waals surface area contributed by atoms with Crippen LogP contribution in [-0.2, 0) is 11.2 Å². The SMILES string of the molecule is CCNC(=NCCc1cccc(OCC)c1)N1CCC2(CCOC2)C1.I. The van der Waals surface area contributed by atoms with Gasteiger partial charge in [-0.3, -0.25) is 4.99 Å². The number of nitrogens with one attached hydrogen (secondary N) is 1. The number of rotatable bonds is 6. The Hall–Kier alpha value is -1.02. The molecule has 1 N–H and O–H groups in total. The molecule has 3 rings (SSSR count). The minimum Gasteiger partial charge on any atom is -0.494 e. The molecule has 0 aliphatic carbocycles. The fourth-order valence-corrected chi connectivity index (χ4v) is 3.76. The Balaban J connectivity index is 0.00000243. The van der Waals surface area contributed by atoms with Crippen molar-refractivity contribution < 1.29 is 9.47 Å². The highest BCUT2D eigenvalue weighted by atomic mass is 127. The van der Waals surface area contributed by atoms with E-state index in [1.807, 2.05) is 13.0 Å². The summed E-state index contributed by atoms with van der Waals surface area (Å²) in [6, 6.07) is 8.32. The Bertz CT molecular complexity index is 588. The molecule has 0 radical (unpaired) electrons. The molecule has 1 atom stereocenters. The predicted octanol–water partition coefficient (Wildman–Crippen LogP) is 3.32. The standard InChI is InChI=1S/C20H31N3O2.HI/c1-3-21-19(23-12-9-20(15-23)10-13-24-16-20)22-11-8-17-6-5-7-18(14-17)25-4-2;/h5-7,14H,3-4,8-13,15-16H2,1-2H3,(H,21,22);1H. The number of guanidine groups is 1. The van der Waals surface area contributed by atoms with Crippen molar-refractivity contribution in [2.75, 3.05) is 46.0 Å². The second kappa shape index (κ2) is 10.3. The maximum absolute atomic E-state index is 5.64. The summed E-state index contributed by atoms with van der Waals surface area (Å²) < 4.78 is 11.2. The van der Waals surface area contributed by atoms with Gasteiger partial charge in [0.25, 0.3) is 0 Å². The van der Waals surface area contributed by atoms with Gasteiger partial charge in [0.1, 0.15) is 5.75 Å². The van der Waals surface area contributed by atoms with E-state index in [0.717, 1.165) is 57.5 Å². The molecule has 1 spiro atoms. The Morgan fingerprint density at radius 2 is 2.23 bits per heavy atom. The molecule has 2 saturated heterocycles. The molecular formula is C20H32IN3O2. The van der Waals surface area contributed by atoms with Crippen LogP contribution in [0.15, 0.2) is 29.3 Å². The number of hydrogen-bond acceptors (Lipinski definition) is 3. The number of likely N-dealkylation sites (tertiary alicyclic amines) is 1. The largest absolute Gasteiger partial charge is 0.494 e. The van der Waals surface area contributed by atoms with Gasteiger partial charge in [0.15, 0.2) is 5.96 Å². The Kier molecular flexibility index (Phi) is 8.47. The molecule has 0 aromatic heterocycles. The molecule has 5 nitrogen and oxygen atoms in total. The molecule has 0 amide bonds. The zero-order valence-electron chi connectivity index (χ0n) is 16.0. The van der Waals surface area contributed by atoms with Gasteiger partial charge in [-0.25, -0.2) is 0 Å². The van der Waals surface area contributed by atoms with Crippen molar-refractivity contribution in [3.8, 4) is 5.75 Å². The van der Waals surface area contributed by atoms with Crippen LogP contribution in [0.25, 0.3) is 0 Å². The number of halogens is 1. The first-order chi connectivity index (χ1) is 12.2. The van der Waals surface area contributed by atoms with Crippen molar-refractivity contribution in [2.45, 2.75) is 33.1 Å². The summed E-state index contributed by atoms with van der Waals surface area (Å²) in [6.07, 6.45) is 3.33. The minimum absolute atomic E-state index is 0. The van der Waals surface area contributed by atoms with Crippen LogP contribution in [-0.4, -0.2) is 56.9 Å². The molecule has 146 valence electrons. The van der Waals surface area contributed by atoms with Gasteiger partial charge in [0.05, 0.1) is 13.2 Å². The lowest BCUT2D eigenvalue weighted by atomic mass is 9.87. The van der Waals surface area contributed by atoms with Crippen molar-refractivity contribution in [1.29, 1.82) is 0 Å². The van der Waals surface area contributed by atoms with Crippen molar-refractivity contribution in [1.82, 2.24) is 10.2 Å². The van der Waals surface area contributed by atoms with Gasteiger partial charge < -0.3 is 19.7 Å². The van der Waals surface area contributed by atoms with E-state index in [1.165, 1.54) is 18.4 Å². The van der Waals surface area contributed by atoms with Gasteiger partial charge in [0.2, 0.25) is 0 Å². The van der Waals surface area contributed by atoms with Gasteiger partial charge in [0, 0.05) is 38.2 Å². The lowest BCUT2D eigenvalue weighted by Gasteiger charge is -2.25. The van der Waals surface area contributed by atoms with Gasteiger partial charge in [-0.05, 0) is 50.8 Å². The summed E-state index contributed by atoms with van der Waals surface area (Å²) in [4.78, 5) is 7.28. The van der Waals surface area contributed by atoms with Gasteiger partial charge in [-0.1, -0.05) is 12.1 Å². The average Bonchev–Trinajstić information content (AvgIpc) is 3.25. The van der Waals surface area contributed by atoms with Crippen LogP contribution in [0.4, 0.5) is 0 Å². The van der Waals surface area contributed by atoms with Crippen molar-refractivity contribution >= 4 is 29.9 Å². The third-order valence-corrected chi connectivity index (χ3v) is 5.13. The number of benzene rings is 1. The summed E-state index contributed by atoms with van der Waals surface area (Å²) in [5.74, 6) is 1.99. The summed E-state index contributed by atoms with van der Waals surface area (Å²) >= 11 is 0. The van der Waals surface area contributed by atoms with Crippen molar-refractivity contribution in [2.24, 2.45) is 10.4 Å². The van der Waals surface area contributed by atoms with Crippen LogP contribution in [0, 0.1) is 5.41 Å². The van der Waals surface area contributed by atoms with Gasteiger partial charge in [-0.15, -0.1) is 24.0 Å². The monoisotopic (exact) mass is 473 g/mol. The third-order valence-electron chi connectivity index (χ3n) is 5.13. The first kappa shape index (κ1) is 21.3. The highest BCUT2D eigenvalue weighted by molar-refractivity contribution is 14.0. The molecular weight excluding hydrogens is 441 g/mol. The van der Waals surface area contributed by atoms with Crippen LogP contribution in [0.1, 0.15) is 32.3 Å². The number of nitrogens with zero attached hydrogens (tertiary/aromatic N) is 2. The summed E-state index contributed by atoms with van der Waals surface area (Å²) in [5.41, 5.74) is 1.63. The first-order valence-electron chi connectivity index (χ1n) is 9.57. The third kappa shape index (κ3) is 5.49. The molecule has 0 bridgehead atoms. The highest BCUT2D eigenvalue weighted by Crippen LogP contribution is 2.38. The fourth-order valence-electron chi connectivity index (χ4n) is 3.76. The van der Waals surface area contributed by atoms with Crippen LogP contribution in [0.5, 0.6) is 5.75 Å². The van der Waals surface area contributed by atoms with E-state index >= 15 is 0 Å². The Morgan fingerprint density at radius 3 is 2.96 bits per heavy atom. The van der Waals surface area contributed by atoms with Crippen molar-refractivity contribution in [3.63, 3.8) is 0 Å². The van der Waals surface area contributed by atoms with E-state index in [2.05, 4.69) is 35.3 Å². The zero-order chi connectivity index (χ0) is 17.5. The average molecular weight is 473 g/mol. The molecule has 0 saturated carbocycles. The van der Waals surface area contributed by atoms with E-state index in [4.69, 9.17) is 14.5 Å². The first-order valence-corrected chi connectivity index (χ1v) is 9.57. The molecule has 1 unspecified atom stereocenters. The minimum atomic E-state index is 0. The molecule has 2 fully saturated rings. The summed E-state index contributed by atoms with van der Waals surface area (Å²) in [7, 11) is 0. The highest BCUT2D eigenvalue weighted by Gasteiger charge is 2.42. The predicted molar refractivity (Wildman–Crippen MR) is 117 cm³/mol. The van der Waals surface area contributed by atoms with Gasteiger partial charge >= 0.3 is 0 Å². The lowest BCUT2D eigenvalue weighted by molar-refractivity contribution is 0.156.